The maximum absolute atomic E-state index is 5.89. The number of ether oxygens (including phenoxy) is 2. The molecule has 2 aromatic carbocycles. The van der Waals surface area contributed by atoms with E-state index in [2.05, 4.69) is 4.98 Å². The molecule has 1 heterocycles. The van der Waals surface area contributed by atoms with Crippen molar-refractivity contribution in [3.8, 4) is 16.7 Å². The molecule has 21 heavy (non-hydrogen) atoms. The summed E-state index contributed by atoms with van der Waals surface area (Å²) in [6.45, 7) is 2.99. The van der Waals surface area contributed by atoms with Crippen molar-refractivity contribution in [2.45, 2.75) is 13.5 Å². The summed E-state index contributed by atoms with van der Waals surface area (Å²) in [7, 11) is 0. The van der Waals surface area contributed by atoms with E-state index in [9.17, 15) is 0 Å². The molecule has 0 aliphatic rings. The summed E-state index contributed by atoms with van der Waals surface area (Å²) in [5, 5.41) is 0.609. The molecule has 108 valence electrons. The van der Waals surface area contributed by atoms with Gasteiger partial charge in [-0.15, -0.1) is 0 Å². The molecule has 0 saturated heterocycles. The van der Waals surface area contributed by atoms with Crippen molar-refractivity contribution >= 4 is 21.6 Å². The van der Waals surface area contributed by atoms with Crippen LogP contribution in [0, 0.1) is 0 Å². The monoisotopic (exact) mass is 300 g/mol. The van der Waals surface area contributed by atoms with E-state index in [1.807, 2.05) is 49.4 Å². The number of hydrogen-bond donors (Lipinski definition) is 1. The Morgan fingerprint density at radius 3 is 2.76 bits per heavy atom. The molecule has 0 unspecified atom stereocenters. The van der Waals surface area contributed by atoms with Gasteiger partial charge in [-0.3, -0.25) is 0 Å². The van der Waals surface area contributed by atoms with Gasteiger partial charge in [0.05, 0.1) is 16.8 Å². The van der Waals surface area contributed by atoms with Crippen molar-refractivity contribution in [3.63, 3.8) is 0 Å². The maximum atomic E-state index is 5.89. The number of aromatic nitrogens is 1. The van der Waals surface area contributed by atoms with Crippen molar-refractivity contribution in [3.05, 3.63) is 48.0 Å². The highest BCUT2D eigenvalue weighted by Crippen LogP contribution is 2.36. The minimum Gasteiger partial charge on any atom is -0.490 e. The summed E-state index contributed by atoms with van der Waals surface area (Å²) in [6, 6.07) is 13.7. The molecule has 0 aliphatic heterocycles. The second-order valence-electron chi connectivity index (χ2n) is 4.47. The summed E-state index contributed by atoms with van der Waals surface area (Å²) >= 11 is 1.52. The molecule has 0 amide bonds. The normalized spacial score (nSPS) is 10.8. The van der Waals surface area contributed by atoms with Crippen molar-refractivity contribution in [2.24, 2.45) is 5.73 Å². The van der Waals surface area contributed by atoms with Gasteiger partial charge in [0, 0.05) is 6.54 Å². The van der Waals surface area contributed by atoms with Gasteiger partial charge >= 0.3 is 0 Å². The lowest BCUT2D eigenvalue weighted by atomic mass is 10.2. The second-order valence-corrected chi connectivity index (χ2v) is 5.46. The average molecular weight is 300 g/mol. The molecule has 0 bridgehead atoms. The molecule has 2 N–H and O–H groups in total. The molecule has 1 aromatic heterocycles. The Kier molecular flexibility index (Phi) is 4.03. The Bertz CT molecular complexity index is 722. The van der Waals surface area contributed by atoms with Crippen LogP contribution in [0.5, 0.6) is 16.7 Å². The number of rotatable bonds is 5. The highest BCUT2D eigenvalue weighted by Gasteiger charge is 2.10. The smallest absolute Gasteiger partial charge is 0.279 e. The van der Waals surface area contributed by atoms with Crippen LogP contribution in [0.25, 0.3) is 10.2 Å². The van der Waals surface area contributed by atoms with E-state index < -0.39 is 0 Å². The molecule has 0 spiro atoms. The SMILES string of the molecule is CCOc1cc(CN)ccc1Oc1nc2ccccc2s1. The summed E-state index contributed by atoms with van der Waals surface area (Å²) in [6.07, 6.45) is 0. The van der Waals surface area contributed by atoms with Crippen LogP contribution in [0.3, 0.4) is 0 Å². The molecule has 0 fully saturated rings. The first-order valence-electron chi connectivity index (χ1n) is 6.79. The minimum atomic E-state index is 0.474. The van der Waals surface area contributed by atoms with Crippen molar-refractivity contribution in [1.29, 1.82) is 0 Å². The predicted octanol–water partition coefficient (Wildman–Crippen LogP) is 3.95. The number of nitrogens with zero attached hydrogens (tertiary/aromatic N) is 1. The maximum Gasteiger partial charge on any atom is 0.279 e. The van der Waals surface area contributed by atoms with Crippen LogP contribution in [0.4, 0.5) is 0 Å². The number of para-hydroxylation sites is 1. The molecule has 4 nitrogen and oxygen atoms in total. The van der Waals surface area contributed by atoms with E-state index >= 15 is 0 Å². The Morgan fingerprint density at radius 1 is 1.14 bits per heavy atom. The molecule has 0 aliphatic carbocycles. The zero-order chi connectivity index (χ0) is 14.7. The molecule has 0 radical (unpaired) electrons. The molecule has 5 heteroatoms. The average Bonchev–Trinajstić information content (AvgIpc) is 2.91. The van der Waals surface area contributed by atoms with Gasteiger partial charge < -0.3 is 15.2 Å². The van der Waals surface area contributed by atoms with Crippen LogP contribution in [0.2, 0.25) is 0 Å². The number of thiazole rings is 1. The van der Waals surface area contributed by atoms with Crippen molar-refractivity contribution in [1.82, 2.24) is 4.98 Å². The Labute approximate surface area is 127 Å². The van der Waals surface area contributed by atoms with Crippen molar-refractivity contribution < 1.29 is 9.47 Å². The van der Waals surface area contributed by atoms with E-state index in [0.717, 1.165) is 15.8 Å². The highest BCUT2D eigenvalue weighted by molar-refractivity contribution is 7.20. The van der Waals surface area contributed by atoms with Gasteiger partial charge in [-0.2, -0.15) is 0 Å². The van der Waals surface area contributed by atoms with Gasteiger partial charge in [0.15, 0.2) is 11.5 Å². The first-order chi connectivity index (χ1) is 10.3. The molecule has 3 rings (SSSR count). The number of nitrogens with two attached hydrogens (primary N) is 1. The van der Waals surface area contributed by atoms with Gasteiger partial charge in [-0.1, -0.05) is 29.5 Å². The topological polar surface area (TPSA) is 57.4 Å². The van der Waals surface area contributed by atoms with E-state index in [4.69, 9.17) is 15.2 Å². The van der Waals surface area contributed by atoms with Gasteiger partial charge in [0.25, 0.3) is 5.19 Å². The van der Waals surface area contributed by atoms with Crippen LogP contribution < -0.4 is 15.2 Å². The molecular formula is C16H16N2O2S. The zero-order valence-electron chi connectivity index (χ0n) is 11.7. The predicted molar refractivity (Wildman–Crippen MR) is 85.2 cm³/mol. The van der Waals surface area contributed by atoms with Crippen molar-refractivity contribution in [2.75, 3.05) is 6.61 Å². The van der Waals surface area contributed by atoms with Crippen LogP contribution in [-0.4, -0.2) is 11.6 Å². The lowest BCUT2D eigenvalue weighted by Gasteiger charge is -2.10. The van der Waals surface area contributed by atoms with Crippen LogP contribution in [0.1, 0.15) is 12.5 Å². The fourth-order valence-corrected chi connectivity index (χ4v) is 2.85. The Balaban J connectivity index is 1.92. The Hall–Kier alpha value is -2.11. The Morgan fingerprint density at radius 2 is 2.00 bits per heavy atom. The number of fused-ring (bicyclic) bond motifs is 1. The fourth-order valence-electron chi connectivity index (χ4n) is 2.02. The summed E-state index contributed by atoms with van der Waals surface area (Å²) in [4.78, 5) is 4.47. The summed E-state index contributed by atoms with van der Waals surface area (Å²) in [5.74, 6) is 1.35. The quantitative estimate of drug-likeness (QED) is 0.775. The van der Waals surface area contributed by atoms with Gasteiger partial charge in [0.1, 0.15) is 0 Å². The molecule has 0 atom stereocenters. The number of hydrogen-bond acceptors (Lipinski definition) is 5. The molecule has 0 saturated carbocycles. The minimum absolute atomic E-state index is 0.474. The first-order valence-corrected chi connectivity index (χ1v) is 7.61. The van der Waals surface area contributed by atoms with Crippen LogP contribution in [-0.2, 0) is 6.54 Å². The van der Waals surface area contributed by atoms with Gasteiger partial charge in [-0.25, -0.2) is 4.98 Å². The third-order valence-corrected chi connectivity index (χ3v) is 3.93. The standard InChI is InChI=1S/C16H16N2O2S/c1-2-19-14-9-11(10-17)7-8-13(14)20-16-18-12-5-3-4-6-15(12)21-16/h3-9H,2,10,17H2,1H3. The molecule has 3 aromatic rings. The lowest BCUT2D eigenvalue weighted by molar-refractivity contribution is 0.321. The zero-order valence-corrected chi connectivity index (χ0v) is 12.5. The summed E-state index contributed by atoms with van der Waals surface area (Å²) in [5.41, 5.74) is 7.61. The van der Waals surface area contributed by atoms with Gasteiger partial charge in [0.2, 0.25) is 0 Å². The lowest BCUT2D eigenvalue weighted by Crippen LogP contribution is -1.99. The third kappa shape index (κ3) is 2.99. The van der Waals surface area contributed by atoms with E-state index in [0.29, 0.717) is 29.8 Å². The van der Waals surface area contributed by atoms with E-state index in [-0.39, 0.29) is 0 Å². The second kappa shape index (κ2) is 6.11. The fraction of sp³-hybridized carbons (Fsp3) is 0.188. The largest absolute Gasteiger partial charge is 0.490 e. The molecular weight excluding hydrogens is 284 g/mol. The van der Waals surface area contributed by atoms with E-state index in [1.54, 1.807) is 0 Å². The third-order valence-electron chi connectivity index (χ3n) is 3.02. The first kappa shape index (κ1) is 13.9. The van der Waals surface area contributed by atoms with Crippen LogP contribution >= 0.6 is 11.3 Å². The van der Waals surface area contributed by atoms with E-state index in [1.165, 1.54) is 11.3 Å². The number of benzene rings is 2. The van der Waals surface area contributed by atoms with Crippen LogP contribution in [0.15, 0.2) is 42.5 Å². The highest BCUT2D eigenvalue weighted by atomic mass is 32.1. The van der Waals surface area contributed by atoms with Gasteiger partial charge in [-0.05, 0) is 36.8 Å². The summed E-state index contributed by atoms with van der Waals surface area (Å²) < 4.78 is 12.6.